The van der Waals surface area contributed by atoms with Crippen LogP contribution in [0.1, 0.15) is 48.5 Å². The Morgan fingerprint density at radius 3 is 2.65 bits per heavy atom. The zero-order valence-electron chi connectivity index (χ0n) is 11.5. The third kappa shape index (κ3) is 2.24. The summed E-state index contributed by atoms with van der Waals surface area (Å²) >= 11 is 1.69. The molecule has 0 bridgehead atoms. The average molecular weight is 293 g/mol. The van der Waals surface area contributed by atoms with Gasteiger partial charge in [-0.3, -0.25) is 4.79 Å². The van der Waals surface area contributed by atoms with Crippen LogP contribution in [0.15, 0.2) is 11.4 Å². The molecule has 0 unspecified atom stereocenters. The number of amides is 1. The summed E-state index contributed by atoms with van der Waals surface area (Å²) in [6, 6.07) is 2.07. The number of hydrogen-bond acceptors (Lipinski definition) is 3. The second-order valence-corrected chi connectivity index (χ2v) is 6.95. The van der Waals surface area contributed by atoms with Crippen LogP contribution in [0.2, 0.25) is 0 Å². The van der Waals surface area contributed by atoms with Gasteiger partial charge < -0.3 is 10.4 Å². The molecule has 0 aliphatic heterocycles. The molecule has 1 amide bonds. The molecule has 2 aliphatic rings. The maximum absolute atomic E-state index is 12.3. The average Bonchev–Trinajstić information content (AvgIpc) is 2.84. The van der Waals surface area contributed by atoms with Crippen molar-refractivity contribution in [3.05, 3.63) is 21.9 Å². The van der Waals surface area contributed by atoms with E-state index in [1.165, 1.54) is 10.4 Å². The van der Waals surface area contributed by atoms with Crippen molar-refractivity contribution in [2.45, 2.75) is 50.5 Å². The SMILES string of the molecule is Cc1ccsc1[C@H]1C[C@H]1C(=O)NC1(C(=O)O)CCCC1. The zero-order valence-corrected chi connectivity index (χ0v) is 12.3. The summed E-state index contributed by atoms with van der Waals surface area (Å²) in [5.41, 5.74) is 0.235. The molecule has 2 aliphatic carbocycles. The topological polar surface area (TPSA) is 66.4 Å². The highest BCUT2D eigenvalue weighted by Gasteiger charge is 2.50. The Morgan fingerprint density at radius 1 is 1.40 bits per heavy atom. The number of carboxylic acid groups (broad SMARTS) is 1. The zero-order chi connectivity index (χ0) is 14.3. The number of hydrogen-bond donors (Lipinski definition) is 2. The lowest BCUT2D eigenvalue weighted by atomic mass is 9.97. The Morgan fingerprint density at radius 2 is 2.10 bits per heavy atom. The molecule has 2 saturated carbocycles. The standard InChI is InChI=1S/C15H19NO3S/c1-9-4-7-20-12(9)10-8-11(10)13(17)16-15(14(18)19)5-2-3-6-15/h4,7,10-11H,2-3,5-6,8H2,1H3,(H,16,17)(H,18,19)/t10-,11+/m0/s1. The molecular weight excluding hydrogens is 274 g/mol. The van der Waals surface area contributed by atoms with Gasteiger partial charge in [-0.2, -0.15) is 0 Å². The second kappa shape index (κ2) is 4.88. The number of nitrogens with one attached hydrogen (secondary N) is 1. The fourth-order valence-electron chi connectivity index (χ4n) is 3.24. The highest BCUT2D eigenvalue weighted by atomic mass is 32.1. The van der Waals surface area contributed by atoms with Crippen LogP contribution in [0.5, 0.6) is 0 Å². The second-order valence-electron chi connectivity index (χ2n) is 6.00. The van der Waals surface area contributed by atoms with Gasteiger partial charge in [-0.15, -0.1) is 11.3 Å². The van der Waals surface area contributed by atoms with E-state index in [0.717, 1.165) is 19.3 Å². The number of thiophene rings is 1. The molecule has 2 N–H and O–H groups in total. The van der Waals surface area contributed by atoms with Crippen LogP contribution in [0.4, 0.5) is 0 Å². The van der Waals surface area contributed by atoms with Gasteiger partial charge in [0.1, 0.15) is 5.54 Å². The Hall–Kier alpha value is -1.36. The lowest BCUT2D eigenvalue weighted by Gasteiger charge is -2.25. The lowest BCUT2D eigenvalue weighted by molar-refractivity contribution is -0.147. The van der Waals surface area contributed by atoms with Crippen molar-refractivity contribution in [3.8, 4) is 0 Å². The number of aryl methyl sites for hydroxylation is 1. The van der Waals surface area contributed by atoms with Crippen LogP contribution in [-0.4, -0.2) is 22.5 Å². The van der Waals surface area contributed by atoms with E-state index in [1.54, 1.807) is 11.3 Å². The first-order chi connectivity index (χ1) is 9.53. The van der Waals surface area contributed by atoms with Gasteiger partial charge in [0.05, 0.1) is 0 Å². The van der Waals surface area contributed by atoms with Crippen LogP contribution >= 0.6 is 11.3 Å². The molecule has 0 radical (unpaired) electrons. The fourth-order valence-corrected chi connectivity index (χ4v) is 4.35. The summed E-state index contributed by atoms with van der Waals surface area (Å²) in [6.45, 7) is 2.06. The number of carbonyl (C=O) groups excluding carboxylic acids is 1. The lowest BCUT2D eigenvalue weighted by Crippen LogP contribution is -2.53. The summed E-state index contributed by atoms with van der Waals surface area (Å²) < 4.78 is 0. The Kier molecular flexibility index (Phi) is 3.32. The first-order valence-electron chi connectivity index (χ1n) is 7.13. The summed E-state index contributed by atoms with van der Waals surface area (Å²) in [5, 5.41) is 14.3. The van der Waals surface area contributed by atoms with Crippen molar-refractivity contribution in [2.24, 2.45) is 5.92 Å². The van der Waals surface area contributed by atoms with Crippen LogP contribution in [0.25, 0.3) is 0 Å². The smallest absolute Gasteiger partial charge is 0.329 e. The largest absolute Gasteiger partial charge is 0.480 e. The Bertz CT molecular complexity index is 545. The van der Waals surface area contributed by atoms with Crippen molar-refractivity contribution in [2.75, 3.05) is 0 Å². The van der Waals surface area contributed by atoms with Crippen LogP contribution < -0.4 is 5.32 Å². The molecule has 5 heteroatoms. The Labute approximate surface area is 122 Å². The van der Waals surface area contributed by atoms with Crippen LogP contribution in [0.3, 0.4) is 0 Å². The molecule has 1 aromatic rings. The molecule has 2 fully saturated rings. The molecule has 20 heavy (non-hydrogen) atoms. The molecule has 0 spiro atoms. The summed E-state index contributed by atoms with van der Waals surface area (Å²) in [7, 11) is 0. The van der Waals surface area contributed by atoms with E-state index in [9.17, 15) is 14.7 Å². The maximum Gasteiger partial charge on any atom is 0.329 e. The molecule has 1 heterocycles. The molecular formula is C15H19NO3S. The number of aliphatic carboxylic acids is 1. The number of carboxylic acids is 1. The van der Waals surface area contributed by atoms with Crippen molar-refractivity contribution in [3.63, 3.8) is 0 Å². The maximum atomic E-state index is 12.3. The van der Waals surface area contributed by atoms with Crippen molar-refractivity contribution in [1.29, 1.82) is 0 Å². The monoisotopic (exact) mass is 293 g/mol. The van der Waals surface area contributed by atoms with Gasteiger partial charge in [-0.05, 0) is 43.2 Å². The molecule has 0 saturated heterocycles. The van der Waals surface area contributed by atoms with E-state index < -0.39 is 11.5 Å². The van der Waals surface area contributed by atoms with Gasteiger partial charge in [0.25, 0.3) is 0 Å². The van der Waals surface area contributed by atoms with E-state index in [1.807, 2.05) is 5.38 Å². The third-order valence-corrected chi connectivity index (χ3v) is 5.75. The van der Waals surface area contributed by atoms with Gasteiger partial charge in [-0.1, -0.05) is 12.8 Å². The van der Waals surface area contributed by atoms with Gasteiger partial charge in [-0.25, -0.2) is 4.79 Å². The Balaban J connectivity index is 1.67. The fraction of sp³-hybridized carbons (Fsp3) is 0.600. The van der Waals surface area contributed by atoms with Gasteiger partial charge in [0.15, 0.2) is 0 Å². The van der Waals surface area contributed by atoms with Gasteiger partial charge in [0.2, 0.25) is 5.91 Å². The number of rotatable bonds is 4. The van der Waals surface area contributed by atoms with E-state index in [0.29, 0.717) is 18.8 Å². The predicted molar refractivity (Wildman–Crippen MR) is 76.9 cm³/mol. The van der Waals surface area contributed by atoms with Crippen LogP contribution in [-0.2, 0) is 9.59 Å². The molecule has 2 atom stereocenters. The van der Waals surface area contributed by atoms with Crippen molar-refractivity contribution >= 4 is 23.2 Å². The van der Waals surface area contributed by atoms with Crippen molar-refractivity contribution in [1.82, 2.24) is 5.32 Å². The first kappa shape index (κ1) is 13.6. The molecule has 0 aromatic carbocycles. The van der Waals surface area contributed by atoms with E-state index in [2.05, 4.69) is 18.3 Å². The molecule has 3 rings (SSSR count). The molecule has 108 valence electrons. The highest BCUT2D eigenvalue weighted by molar-refractivity contribution is 7.10. The minimum atomic E-state index is -1.01. The quantitative estimate of drug-likeness (QED) is 0.897. The first-order valence-corrected chi connectivity index (χ1v) is 8.01. The highest BCUT2D eigenvalue weighted by Crippen LogP contribution is 2.50. The van der Waals surface area contributed by atoms with Crippen LogP contribution in [0, 0.1) is 12.8 Å². The third-order valence-electron chi connectivity index (χ3n) is 4.59. The van der Waals surface area contributed by atoms with Gasteiger partial charge in [0, 0.05) is 16.7 Å². The minimum Gasteiger partial charge on any atom is -0.480 e. The normalized spacial score (nSPS) is 27.2. The summed E-state index contributed by atoms with van der Waals surface area (Å²) in [6.07, 6.45) is 3.73. The summed E-state index contributed by atoms with van der Waals surface area (Å²) in [4.78, 5) is 25.1. The predicted octanol–water partition coefficient (Wildman–Crippen LogP) is 2.67. The molecule has 4 nitrogen and oxygen atoms in total. The summed E-state index contributed by atoms with van der Waals surface area (Å²) in [5.74, 6) is -0.702. The van der Waals surface area contributed by atoms with Gasteiger partial charge >= 0.3 is 5.97 Å². The van der Waals surface area contributed by atoms with E-state index in [-0.39, 0.29) is 11.8 Å². The molecule has 1 aromatic heterocycles. The van der Waals surface area contributed by atoms with E-state index >= 15 is 0 Å². The van der Waals surface area contributed by atoms with Crippen molar-refractivity contribution < 1.29 is 14.7 Å². The minimum absolute atomic E-state index is 0.0378. The van der Waals surface area contributed by atoms with E-state index in [4.69, 9.17) is 0 Å². The number of carbonyl (C=O) groups is 2.